The summed E-state index contributed by atoms with van der Waals surface area (Å²) in [6.07, 6.45) is 1.74. The van der Waals surface area contributed by atoms with Gasteiger partial charge in [-0.25, -0.2) is 4.39 Å². The molecule has 1 fully saturated rings. The molecule has 186 valence electrons. The summed E-state index contributed by atoms with van der Waals surface area (Å²) >= 11 is 1.39. The van der Waals surface area contributed by atoms with Crippen LogP contribution in [0.5, 0.6) is 17.2 Å². The lowest BCUT2D eigenvalue weighted by molar-refractivity contribution is 0.0705. The van der Waals surface area contributed by atoms with E-state index in [0.29, 0.717) is 66.3 Å². The molecular formula is C26H30FN3O4S. The topological polar surface area (TPSA) is 73.8 Å². The second-order valence-corrected chi connectivity index (χ2v) is 9.13. The smallest absolute Gasteiger partial charge is 0.254 e. The van der Waals surface area contributed by atoms with Gasteiger partial charge in [0.15, 0.2) is 16.5 Å². The van der Waals surface area contributed by atoms with Crippen LogP contribution < -0.4 is 14.2 Å². The lowest BCUT2D eigenvalue weighted by Gasteiger charge is -2.32. The summed E-state index contributed by atoms with van der Waals surface area (Å²) in [5, 5.41) is 9.93. The number of nitrogens with zero attached hydrogens (tertiary/aromatic N) is 3. The molecule has 0 spiro atoms. The number of piperidine rings is 1. The van der Waals surface area contributed by atoms with Gasteiger partial charge in [0.25, 0.3) is 5.91 Å². The molecule has 2 aromatic carbocycles. The molecule has 1 amide bonds. The van der Waals surface area contributed by atoms with Crippen molar-refractivity contribution in [3.8, 4) is 27.8 Å². The highest BCUT2D eigenvalue weighted by Crippen LogP contribution is 2.40. The number of benzene rings is 2. The predicted molar refractivity (Wildman–Crippen MR) is 133 cm³/mol. The molecule has 1 aromatic heterocycles. The van der Waals surface area contributed by atoms with Crippen LogP contribution in [-0.2, 0) is 0 Å². The van der Waals surface area contributed by atoms with E-state index in [1.54, 1.807) is 30.3 Å². The van der Waals surface area contributed by atoms with Gasteiger partial charge in [0, 0.05) is 30.1 Å². The third-order valence-electron chi connectivity index (χ3n) is 5.76. The van der Waals surface area contributed by atoms with Crippen molar-refractivity contribution in [2.24, 2.45) is 0 Å². The fourth-order valence-electron chi connectivity index (χ4n) is 4.20. The van der Waals surface area contributed by atoms with Crippen molar-refractivity contribution in [1.82, 2.24) is 15.1 Å². The Balaban J connectivity index is 1.56. The molecule has 1 aliphatic heterocycles. The van der Waals surface area contributed by atoms with Crippen LogP contribution in [0.2, 0.25) is 0 Å². The fraction of sp³-hybridized carbons (Fsp3) is 0.423. The van der Waals surface area contributed by atoms with Gasteiger partial charge in [-0.1, -0.05) is 23.5 Å². The van der Waals surface area contributed by atoms with Crippen LogP contribution in [0.3, 0.4) is 0 Å². The van der Waals surface area contributed by atoms with E-state index in [4.69, 9.17) is 14.2 Å². The maximum absolute atomic E-state index is 14.2. The van der Waals surface area contributed by atoms with E-state index in [1.165, 1.54) is 17.4 Å². The van der Waals surface area contributed by atoms with E-state index in [9.17, 15) is 9.18 Å². The van der Waals surface area contributed by atoms with Gasteiger partial charge in [0.05, 0.1) is 19.8 Å². The molecule has 0 N–H and O–H groups in total. The van der Waals surface area contributed by atoms with E-state index in [-0.39, 0.29) is 17.6 Å². The Kier molecular flexibility index (Phi) is 8.17. The largest absolute Gasteiger partial charge is 0.490 e. The standard InChI is InChI=1S/C26H30FN3O4S/c1-4-32-21-14-18(15-22(33-5-2)23(21)34-6-3)26(31)30-13-9-10-17(16-30)24-28-29-25(35-24)19-11-7-8-12-20(19)27/h7-8,11-12,14-15,17H,4-6,9-10,13,16H2,1-3H3. The zero-order valence-electron chi connectivity index (χ0n) is 20.3. The Labute approximate surface area is 208 Å². The number of carbonyl (C=O) groups excluding carboxylic acids is 1. The summed E-state index contributed by atoms with van der Waals surface area (Å²) in [7, 11) is 0. The van der Waals surface area contributed by atoms with Crippen LogP contribution in [0, 0.1) is 5.82 Å². The molecule has 7 nitrogen and oxygen atoms in total. The minimum absolute atomic E-state index is 0.0474. The highest BCUT2D eigenvalue weighted by Gasteiger charge is 2.29. The van der Waals surface area contributed by atoms with E-state index in [2.05, 4.69) is 10.2 Å². The Bertz CT molecular complexity index is 1140. The predicted octanol–water partition coefficient (Wildman–Crippen LogP) is 5.56. The molecule has 1 aliphatic rings. The lowest BCUT2D eigenvalue weighted by Crippen LogP contribution is -2.39. The normalized spacial score (nSPS) is 15.7. The molecule has 2 heterocycles. The third-order valence-corrected chi connectivity index (χ3v) is 6.88. The number of ether oxygens (including phenoxy) is 3. The highest BCUT2D eigenvalue weighted by molar-refractivity contribution is 7.14. The van der Waals surface area contributed by atoms with E-state index < -0.39 is 0 Å². The maximum atomic E-state index is 14.2. The van der Waals surface area contributed by atoms with Crippen LogP contribution >= 0.6 is 11.3 Å². The average molecular weight is 500 g/mol. The molecule has 3 aromatic rings. The number of hydrogen-bond donors (Lipinski definition) is 0. The Hall–Kier alpha value is -3.20. The highest BCUT2D eigenvalue weighted by atomic mass is 32.1. The number of aromatic nitrogens is 2. The molecule has 35 heavy (non-hydrogen) atoms. The monoisotopic (exact) mass is 499 g/mol. The number of rotatable bonds is 9. The van der Waals surface area contributed by atoms with Gasteiger partial charge in [0.1, 0.15) is 10.8 Å². The Morgan fingerprint density at radius 1 is 1.06 bits per heavy atom. The first-order valence-electron chi connectivity index (χ1n) is 12.0. The first-order valence-corrected chi connectivity index (χ1v) is 12.8. The summed E-state index contributed by atoms with van der Waals surface area (Å²) in [6.45, 7) is 8.17. The van der Waals surface area contributed by atoms with Gasteiger partial charge < -0.3 is 19.1 Å². The molecule has 0 radical (unpaired) electrons. The quantitative estimate of drug-likeness (QED) is 0.384. The van der Waals surface area contributed by atoms with Crippen LogP contribution in [0.4, 0.5) is 4.39 Å². The van der Waals surface area contributed by atoms with E-state index in [1.807, 2.05) is 25.7 Å². The molecule has 0 saturated carbocycles. The zero-order chi connectivity index (χ0) is 24.8. The van der Waals surface area contributed by atoms with Gasteiger partial charge in [-0.2, -0.15) is 0 Å². The first-order chi connectivity index (χ1) is 17.0. The van der Waals surface area contributed by atoms with Crippen LogP contribution in [-0.4, -0.2) is 53.9 Å². The lowest BCUT2D eigenvalue weighted by atomic mass is 9.98. The summed E-state index contributed by atoms with van der Waals surface area (Å²) in [5.41, 5.74) is 0.937. The second kappa shape index (κ2) is 11.5. The molecule has 4 rings (SSSR count). The fourth-order valence-corrected chi connectivity index (χ4v) is 5.20. The molecule has 0 bridgehead atoms. The number of likely N-dealkylation sites (tertiary alicyclic amines) is 1. The van der Waals surface area contributed by atoms with Crippen molar-refractivity contribution in [1.29, 1.82) is 0 Å². The summed E-state index contributed by atoms with van der Waals surface area (Å²) < 4.78 is 31.5. The third kappa shape index (κ3) is 5.56. The molecule has 1 atom stereocenters. The van der Waals surface area contributed by atoms with Gasteiger partial charge in [-0.05, 0) is 57.9 Å². The van der Waals surface area contributed by atoms with E-state index in [0.717, 1.165) is 17.8 Å². The minimum Gasteiger partial charge on any atom is -0.490 e. The molecule has 9 heteroatoms. The zero-order valence-corrected chi connectivity index (χ0v) is 21.1. The van der Waals surface area contributed by atoms with E-state index >= 15 is 0 Å². The Morgan fingerprint density at radius 3 is 2.40 bits per heavy atom. The second-order valence-electron chi connectivity index (χ2n) is 8.12. The molecule has 1 saturated heterocycles. The summed E-state index contributed by atoms with van der Waals surface area (Å²) in [5.74, 6) is 1.14. The van der Waals surface area contributed by atoms with Gasteiger partial charge >= 0.3 is 0 Å². The molecule has 0 aliphatic carbocycles. The molecule has 1 unspecified atom stereocenters. The van der Waals surface area contributed by atoms with Gasteiger partial charge in [0.2, 0.25) is 5.75 Å². The average Bonchev–Trinajstić information content (AvgIpc) is 3.36. The molecular weight excluding hydrogens is 469 g/mol. The first kappa shape index (κ1) is 24.9. The number of hydrogen-bond acceptors (Lipinski definition) is 7. The number of amides is 1. The summed E-state index contributed by atoms with van der Waals surface area (Å²) in [6, 6.07) is 10.0. The van der Waals surface area contributed by atoms with Gasteiger partial charge in [-0.15, -0.1) is 10.2 Å². The van der Waals surface area contributed by atoms with Crippen molar-refractivity contribution < 1.29 is 23.4 Å². The van der Waals surface area contributed by atoms with Crippen LogP contribution in [0.1, 0.15) is 54.9 Å². The Morgan fingerprint density at radius 2 is 1.74 bits per heavy atom. The number of carbonyl (C=O) groups is 1. The van der Waals surface area contributed by atoms with Crippen LogP contribution in [0.15, 0.2) is 36.4 Å². The summed E-state index contributed by atoms with van der Waals surface area (Å²) in [4.78, 5) is 15.4. The van der Waals surface area contributed by atoms with Crippen LogP contribution in [0.25, 0.3) is 10.6 Å². The van der Waals surface area contributed by atoms with Crippen molar-refractivity contribution in [3.63, 3.8) is 0 Å². The minimum atomic E-state index is -0.318. The number of halogens is 1. The maximum Gasteiger partial charge on any atom is 0.254 e. The van der Waals surface area contributed by atoms with Crippen molar-refractivity contribution in [2.45, 2.75) is 39.5 Å². The van der Waals surface area contributed by atoms with Crippen molar-refractivity contribution in [2.75, 3.05) is 32.9 Å². The SMILES string of the molecule is CCOc1cc(C(=O)N2CCCC(c3nnc(-c4ccccc4F)s3)C2)cc(OCC)c1OCC. The van der Waals surface area contributed by atoms with Crippen molar-refractivity contribution >= 4 is 17.2 Å². The van der Waals surface area contributed by atoms with Gasteiger partial charge in [-0.3, -0.25) is 4.79 Å². The van der Waals surface area contributed by atoms with Crippen molar-refractivity contribution in [3.05, 3.63) is 52.8 Å².